The number of carbonyl (C=O) groups is 3. The molecule has 0 spiro atoms. The van der Waals surface area contributed by atoms with Crippen molar-refractivity contribution in [2.24, 2.45) is 0 Å². The van der Waals surface area contributed by atoms with Crippen molar-refractivity contribution in [1.29, 1.82) is 0 Å². The van der Waals surface area contributed by atoms with Gasteiger partial charge in [-0.05, 0) is 58.7 Å². The maximum atomic E-state index is 12.3. The van der Waals surface area contributed by atoms with E-state index in [9.17, 15) is 14.4 Å². The molecule has 0 aromatic heterocycles. The van der Waals surface area contributed by atoms with E-state index in [0.29, 0.717) is 0 Å². The van der Waals surface area contributed by atoms with Crippen molar-refractivity contribution in [3.8, 4) is 0 Å². The molecule has 0 aliphatic heterocycles. The normalized spacial score (nSPS) is 10.7. The van der Waals surface area contributed by atoms with Gasteiger partial charge in [0.2, 0.25) is 0 Å². The first-order valence-electron chi connectivity index (χ1n) is 8.79. The van der Waals surface area contributed by atoms with Crippen molar-refractivity contribution in [2.45, 2.75) is 40.5 Å². The maximum Gasteiger partial charge on any atom is 0.516 e. The van der Waals surface area contributed by atoms with Crippen LogP contribution in [0, 0.1) is 0 Å². The van der Waals surface area contributed by atoms with Gasteiger partial charge >= 0.3 is 18.1 Å². The smallest absolute Gasteiger partial charge is 0.458 e. The summed E-state index contributed by atoms with van der Waals surface area (Å²) in [5.74, 6) is -1.63. The van der Waals surface area contributed by atoms with Gasteiger partial charge in [0.15, 0.2) is 0 Å². The number of hydrogen-bond donors (Lipinski definition) is 0. The van der Waals surface area contributed by atoms with Gasteiger partial charge < -0.3 is 14.2 Å². The van der Waals surface area contributed by atoms with Crippen LogP contribution in [-0.2, 0) is 14.2 Å². The third-order valence-electron chi connectivity index (χ3n) is 3.54. The second kappa shape index (κ2) is 11.7. The van der Waals surface area contributed by atoms with E-state index in [4.69, 9.17) is 4.74 Å². The van der Waals surface area contributed by atoms with Crippen LogP contribution in [0.25, 0.3) is 0 Å². The lowest BCUT2D eigenvalue weighted by Crippen LogP contribution is -2.18. The summed E-state index contributed by atoms with van der Waals surface area (Å²) >= 11 is 0. The van der Waals surface area contributed by atoms with E-state index in [2.05, 4.69) is 15.5 Å². The molecule has 0 fully saturated rings. The summed E-state index contributed by atoms with van der Waals surface area (Å²) in [5.41, 5.74) is 2.35. The Morgan fingerprint density at radius 3 is 2.15 bits per heavy atom. The Kier molecular flexibility index (Phi) is 9.58. The van der Waals surface area contributed by atoms with Gasteiger partial charge in [0.1, 0.15) is 6.61 Å². The van der Waals surface area contributed by atoms with Crippen LogP contribution in [-0.4, -0.2) is 31.3 Å². The lowest BCUT2D eigenvalue weighted by Gasteiger charge is -2.08. The van der Waals surface area contributed by atoms with E-state index < -0.39 is 18.1 Å². The van der Waals surface area contributed by atoms with Gasteiger partial charge in [0.25, 0.3) is 0 Å². The Balaban J connectivity index is 2.69. The first-order chi connectivity index (χ1) is 12.8. The zero-order valence-electron chi connectivity index (χ0n) is 16.2. The zero-order chi connectivity index (χ0) is 20.2. The van der Waals surface area contributed by atoms with Crippen molar-refractivity contribution in [3.63, 3.8) is 0 Å². The van der Waals surface area contributed by atoms with Crippen molar-refractivity contribution in [3.05, 3.63) is 58.7 Å². The van der Waals surface area contributed by atoms with Gasteiger partial charge in [0, 0.05) is 0 Å². The van der Waals surface area contributed by atoms with Crippen molar-refractivity contribution in [2.75, 3.05) is 13.2 Å². The fourth-order valence-electron chi connectivity index (χ4n) is 2.15. The summed E-state index contributed by atoms with van der Waals surface area (Å²) in [6, 6.07) is 5.98. The number of allylic oxidation sites excluding steroid dienone is 3. The molecule has 1 rings (SSSR count). The van der Waals surface area contributed by atoms with E-state index in [1.807, 2.05) is 26.8 Å². The average Bonchev–Trinajstić information content (AvgIpc) is 2.61. The first kappa shape index (κ1) is 22.2. The molecular weight excluding hydrogens is 348 g/mol. The minimum Gasteiger partial charge on any atom is -0.458 e. The molecule has 0 unspecified atom stereocenters. The molecule has 0 heterocycles. The molecule has 0 aliphatic carbocycles. The number of carbonyl (C=O) groups excluding carboxylic acids is 3. The summed E-state index contributed by atoms with van der Waals surface area (Å²) in [6.45, 7) is 7.83. The third-order valence-corrected chi connectivity index (χ3v) is 3.54. The summed E-state index contributed by atoms with van der Waals surface area (Å²) in [7, 11) is 0. The monoisotopic (exact) mass is 374 g/mol. The minimum absolute atomic E-state index is 0.0300. The highest BCUT2D eigenvalue weighted by Crippen LogP contribution is 2.13. The second-order valence-corrected chi connectivity index (χ2v) is 6.09. The topological polar surface area (TPSA) is 78.9 Å². The summed E-state index contributed by atoms with van der Waals surface area (Å²) < 4.78 is 14.3. The minimum atomic E-state index is -1.11. The number of benzene rings is 1. The Morgan fingerprint density at radius 2 is 1.56 bits per heavy atom. The van der Waals surface area contributed by atoms with Crippen LogP contribution in [0.1, 0.15) is 61.3 Å². The Hall–Kier alpha value is -2.89. The highest BCUT2D eigenvalue weighted by molar-refractivity contribution is 6.05. The molecule has 0 amide bonds. The predicted molar refractivity (Wildman–Crippen MR) is 102 cm³/mol. The first-order valence-corrected chi connectivity index (χ1v) is 8.79. The van der Waals surface area contributed by atoms with Crippen LogP contribution in [0.5, 0.6) is 0 Å². The van der Waals surface area contributed by atoms with Crippen LogP contribution in [0.2, 0.25) is 0 Å². The molecule has 27 heavy (non-hydrogen) atoms. The number of esters is 2. The zero-order valence-corrected chi connectivity index (χ0v) is 16.2. The molecule has 0 saturated carbocycles. The van der Waals surface area contributed by atoms with Gasteiger partial charge in [-0.3, -0.25) is 0 Å². The summed E-state index contributed by atoms with van der Waals surface area (Å²) in [6.07, 6.45) is 4.68. The second-order valence-electron chi connectivity index (χ2n) is 6.09. The molecule has 1 aromatic carbocycles. The van der Waals surface area contributed by atoms with Crippen molar-refractivity contribution in [1.82, 2.24) is 0 Å². The highest BCUT2D eigenvalue weighted by Gasteiger charge is 2.21. The summed E-state index contributed by atoms with van der Waals surface area (Å²) in [5, 5.41) is 0. The van der Waals surface area contributed by atoms with Crippen molar-refractivity contribution >= 4 is 18.1 Å². The number of rotatable bonds is 8. The lowest BCUT2D eigenvalue weighted by molar-refractivity contribution is 0.0388. The molecule has 6 heteroatoms. The van der Waals surface area contributed by atoms with Crippen LogP contribution in [0.3, 0.4) is 0 Å². The quantitative estimate of drug-likeness (QED) is 0.368. The van der Waals surface area contributed by atoms with E-state index in [-0.39, 0.29) is 24.3 Å². The standard InChI is InChI=1S/C21H26O6/c1-5-25-21(24)27-20(23)18-12-7-6-11-17(18)19(22)26-14-13-16(4)10-8-9-15(2)3/h6-7,9,11-13H,5,8,10,14H2,1-4H3. The number of hydrogen-bond acceptors (Lipinski definition) is 6. The fraction of sp³-hybridized carbons (Fsp3) is 0.381. The van der Waals surface area contributed by atoms with Gasteiger partial charge in [-0.25, -0.2) is 14.4 Å². The molecule has 1 aromatic rings. The fourth-order valence-corrected chi connectivity index (χ4v) is 2.15. The Morgan fingerprint density at radius 1 is 0.926 bits per heavy atom. The molecule has 146 valence electrons. The van der Waals surface area contributed by atoms with Gasteiger partial charge in [-0.1, -0.05) is 29.4 Å². The number of ether oxygens (including phenoxy) is 3. The largest absolute Gasteiger partial charge is 0.516 e. The lowest BCUT2D eigenvalue weighted by atomic mass is 10.1. The van der Waals surface area contributed by atoms with Crippen LogP contribution < -0.4 is 0 Å². The Labute approximate surface area is 159 Å². The molecular formula is C21H26O6. The van der Waals surface area contributed by atoms with Gasteiger partial charge in [-0.15, -0.1) is 0 Å². The SMILES string of the molecule is CCOC(=O)OC(=O)c1ccccc1C(=O)OCC=C(C)CCC=C(C)C. The summed E-state index contributed by atoms with van der Waals surface area (Å²) in [4.78, 5) is 35.6. The van der Waals surface area contributed by atoms with E-state index in [0.717, 1.165) is 18.4 Å². The third kappa shape index (κ3) is 8.35. The van der Waals surface area contributed by atoms with E-state index in [1.54, 1.807) is 19.1 Å². The Bertz CT molecular complexity index is 726. The highest BCUT2D eigenvalue weighted by atomic mass is 16.7. The molecule has 0 atom stereocenters. The van der Waals surface area contributed by atoms with E-state index in [1.165, 1.54) is 17.7 Å². The van der Waals surface area contributed by atoms with Crippen LogP contribution in [0.4, 0.5) is 4.79 Å². The maximum absolute atomic E-state index is 12.3. The van der Waals surface area contributed by atoms with Crippen LogP contribution >= 0.6 is 0 Å². The molecule has 0 radical (unpaired) electrons. The molecule has 0 aliphatic rings. The average molecular weight is 374 g/mol. The molecule has 0 bridgehead atoms. The predicted octanol–water partition coefficient (Wildman–Crippen LogP) is 4.85. The molecule has 0 N–H and O–H groups in total. The van der Waals surface area contributed by atoms with Crippen LogP contribution in [0.15, 0.2) is 47.6 Å². The molecule has 0 saturated heterocycles. The van der Waals surface area contributed by atoms with Gasteiger partial charge in [-0.2, -0.15) is 0 Å². The molecule has 6 nitrogen and oxygen atoms in total. The van der Waals surface area contributed by atoms with Gasteiger partial charge in [0.05, 0.1) is 17.7 Å². The van der Waals surface area contributed by atoms with Crippen molar-refractivity contribution < 1.29 is 28.6 Å². The van der Waals surface area contributed by atoms with E-state index >= 15 is 0 Å².